The quantitative estimate of drug-likeness (QED) is 0.514. The van der Waals surface area contributed by atoms with Crippen molar-refractivity contribution >= 4 is 23.2 Å². The summed E-state index contributed by atoms with van der Waals surface area (Å²) in [6, 6.07) is 16.3. The highest BCUT2D eigenvalue weighted by atomic mass is 16.3. The Hall–Kier alpha value is -2.99. The predicted octanol–water partition coefficient (Wildman–Crippen LogP) is 3.86. The van der Waals surface area contributed by atoms with Crippen molar-refractivity contribution in [1.82, 2.24) is 5.43 Å². The zero-order valence-corrected chi connectivity index (χ0v) is 16.6. The summed E-state index contributed by atoms with van der Waals surface area (Å²) in [6.45, 7) is 1.80. The number of hydrogen-bond donors (Lipinski definition) is 3. The lowest BCUT2D eigenvalue weighted by Crippen LogP contribution is -2.37. The van der Waals surface area contributed by atoms with Crippen molar-refractivity contribution in [2.24, 2.45) is 5.10 Å². The summed E-state index contributed by atoms with van der Waals surface area (Å²) in [7, 11) is 0. The van der Waals surface area contributed by atoms with Crippen LogP contribution in [0.5, 0.6) is 0 Å². The number of nitrogens with zero attached hydrogens (tertiary/aromatic N) is 1. The molecule has 0 bridgehead atoms. The van der Waals surface area contributed by atoms with Crippen LogP contribution in [0.3, 0.4) is 0 Å². The Bertz CT molecular complexity index is 870. The van der Waals surface area contributed by atoms with Crippen LogP contribution >= 0.6 is 0 Å². The first-order chi connectivity index (χ1) is 14.0. The number of amides is 2. The molecule has 6 heteroatoms. The van der Waals surface area contributed by atoms with Crippen molar-refractivity contribution in [2.45, 2.75) is 51.0 Å². The Kier molecular flexibility index (Phi) is 6.77. The molecule has 1 saturated carbocycles. The molecule has 2 aromatic rings. The molecule has 1 fully saturated rings. The van der Waals surface area contributed by atoms with Gasteiger partial charge in [0, 0.05) is 11.3 Å². The van der Waals surface area contributed by atoms with Gasteiger partial charge >= 0.3 is 0 Å². The van der Waals surface area contributed by atoms with Gasteiger partial charge in [0.1, 0.15) is 0 Å². The minimum Gasteiger partial charge on any atom is -0.389 e. The number of aliphatic hydroxyl groups is 1. The van der Waals surface area contributed by atoms with Crippen LogP contribution in [0.1, 0.15) is 61.4 Å². The molecule has 0 aromatic heterocycles. The fourth-order valence-corrected chi connectivity index (χ4v) is 3.52. The van der Waals surface area contributed by atoms with Gasteiger partial charge in [0.25, 0.3) is 5.91 Å². The van der Waals surface area contributed by atoms with E-state index in [1.807, 2.05) is 30.3 Å². The van der Waals surface area contributed by atoms with Crippen LogP contribution in [0, 0.1) is 0 Å². The van der Waals surface area contributed by atoms with E-state index in [4.69, 9.17) is 0 Å². The zero-order valence-electron chi connectivity index (χ0n) is 16.6. The molecule has 3 N–H and O–H groups in total. The third-order valence-corrected chi connectivity index (χ3v) is 5.22. The lowest BCUT2D eigenvalue weighted by molar-refractivity contribution is -0.127. The van der Waals surface area contributed by atoms with E-state index >= 15 is 0 Å². The van der Waals surface area contributed by atoms with E-state index in [0.717, 1.165) is 24.8 Å². The summed E-state index contributed by atoms with van der Waals surface area (Å²) in [5, 5.41) is 17.5. The normalized spacial score (nSPS) is 16.1. The van der Waals surface area contributed by atoms with Crippen molar-refractivity contribution < 1.29 is 14.7 Å². The van der Waals surface area contributed by atoms with Gasteiger partial charge in [0.15, 0.2) is 0 Å². The number of anilines is 1. The first-order valence-corrected chi connectivity index (χ1v) is 9.98. The summed E-state index contributed by atoms with van der Waals surface area (Å²) in [6.07, 6.45) is 4.44. The largest absolute Gasteiger partial charge is 0.389 e. The smallest absolute Gasteiger partial charge is 0.255 e. The minimum atomic E-state index is -0.898. The van der Waals surface area contributed by atoms with E-state index in [0.29, 0.717) is 29.8 Å². The van der Waals surface area contributed by atoms with E-state index in [1.54, 1.807) is 31.2 Å². The van der Waals surface area contributed by atoms with E-state index in [9.17, 15) is 14.7 Å². The molecule has 152 valence electrons. The molecule has 2 aromatic carbocycles. The molecular formula is C23H27N3O3. The van der Waals surface area contributed by atoms with E-state index < -0.39 is 5.60 Å². The first-order valence-electron chi connectivity index (χ1n) is 9.98. The maximum Gasteiger partial charge on any atom is 0.255 e. The second kappa shape index (κ2) is 9.47. The second-order valence-electron chi connectivity index (χ2n) is 7.59. The van der Waals surface area contributed by atoms with Crippen LogP contribution in [-0.2, 0) is 4.79 Å². The van der Waals surface area contributed by atoms with Gasteiger partial charge in [-0.3, -0.25) is 9.59 Å². The summed E-state index contributed by atoms with van der Waals surface area (Å²) in [4.78, 5) is 24.3. The molecule has 0 atom stereocenters. The van der Waals surface area contributed by atoms with Gasteiger partial charge in [-0.25, -0.2) is 5.43 Å². The molecule has 0 saturated heterocycles. The number of carbonyl (C=O) groups excluding carboxylic acids is 2. The third-order valence-electron chi connectivity index (χ3n) is 5.22. The van der Waals surface area contributed by atoms with E-state index in [-0.39, 0.29) is 18.2 Å². The highest BCUT2D eigenvalue weighted by Gasteiger charge is 2.31. The monoisotopic (exact) mass is 393 g/mol. The molecule has 3 rings (SSSR count). The summed E-state index contributed by atoms with van der Waals surface area (Å²) < 4.78 is 0. The maximum absolute atomic E-state index is 12.2. The van der Waals surface area contributed by atoms with Crippen molar-refractivity contribution in [3.05, 3.63) is 65.7 Å². The molecule has 0 radical (unpaired) electrons. The Morgan fingerprint density at radius 2 is 1.62 bits per heavy atom. The van der Waals surface area contributed by atoms with Crippen LogP contribution < -0.4 is 10.7 Å². The fraction of sp³-hybridized carbons (Fsp3) is 0.348. The molecule has 29 heavy (non-hydrogen) atoms. The topological polar surface area (TPSA) is 90.8 Å². The number of nitrogens with one attached hydrogen (secondary N) is 2. The highest BCUT2D eigenvalue weighted by molar-refractivity contribution is 6.05. The Balaban J connectivity index is 1.54. The molecule has 6 nitrogen and oxygen atoms in total. The molecule has 2 amide bonds. The summed E-state index contributed by atoms with van der Waals surface area (Å²) in [5.41, 5.74) is 4.40. The van der Waals surface area contributed by atoms with Crippen LogP contribution in [0.4, 0.5) is 5.69 Å². The number of rotatable bonds is 6. The van der Waals surface area contributed by atoms with Gasteiger partial charge in [-0.05, 0) is 49.6 Å². The molecule has 0 unspecified atom stereocenters. The minimum absolute atomic E-state index is 0.0776. The zero-order chi connectivity index (χ0) is 20.7. The highest BCUT2D eigenvalue weighted by Crippen LogP contribution is 2.30. The van der Waals surface area contributed by atoms with Crippen LogP contribution in [-0.4, -0.2) is 28.2 Å². The predicted molar refractivity (Wildman–Crippen MR) is 114 cm³/mol. The van der Waals surface area contributed by atoms with Crippen molar-refractivity contribution in [1.29, 1.82) is 0 Å². The maximum atomic E-state index is 12.2. The molecule has 1 aliphatic rings. The summed E-state index contributed by atoms with van der Waals surface area (Å²) in [5.74, 6) is -0.447. The average Bonchev–Trinajstić information content (AvgIpc) is 2.73. The first kappa shape index (κ1) is 20.7. The Morgan fingerprint density at radius 3 is 2.28 bits per heavy atom. The number of hydrazone groups is 1. The molecule has 1 aliphatic carbocycles. The van der Waals surface area contributed by atoms with Crippen molar-refractivity contribution in [3.63, 3.8) is 0 Å². The van der Waals surface area contributed by atoms with Gasteiger partial charge in [0.2, 0.25) is 5.91 Å². The van der Waals surface area contributed by atoms with Gasteiger partial charge in [-0.15, -0.1) is 0 Å². The standard InChI is InChI=1S/C23H27N3O3/c1-17(25-26-21(27)16-23(29)14-6-3-7-15-23)18-10-12-20(13-11-18)24-22(28)19-8-4-2-5-9-19/h2,4-5,8-13,29H,3,6-7,14-16H2,1H3,(H,24,28)(H,26,27)/b25-17+. The molecule has 0 spiro atoms. The van der Waals surface area contributed by atoms with Gasteiger partial charge in [-0.1, -0.05) is 49.6 Å². The average molecular weight is 393 g/mol. The number of hydrogen-bond acceptors (Lipinski definition) is 4. The molecule has 0 aliphatic heterocycles. The molecule has 0 heterocycles. The fourth-order valence-electron chi connectivity index (χ4n) is 3.52. The molecular weight excluding hydrogens is 366 g/mol. The Labute approximate surface area is 171 Å². The van der Waals surface area contributed by atoms with Crippen LogP contribution in [0.25, 0.3) is 0 Å². The van der Waals surface area contributed by atoms with Gasteiger partial charge in [0.05, 0.1) is 17.7 Å². The SMILES string of the molecule is C/C(=N\NC(=O)CC1(O)CCCCC1)c1ccc(NC(=O)c2ccccc2)cc1. The van der Waals surface area contributed by atoms with Crippen LogP contribution in [0.2, 0.25) is 0 Å². The third kappa shape index (κ3) is 5.99. The van der Waals surface area contributed by atoms with Crippen LogP contribution in [0.15, 0.2) is 59.7 Å². The Morgan fingerprint density at radius 1 is 0.966 bits per heavy atom. The lowest BCUT2D eigenvalue weighted by atomic mass is 9.82. The second-order valence-corrected chi connectivity index (χ2v) is 7.59. The van der Waals surface area contributed by atoms with Crippen molar-refractivity contribution in [2.75, 3.05) is 5.32 Å². The van der Waals surface area contributed by atoms with E-state index in [2.05, 4.69) is 15.8 Å². The number of benzene rings is 2. The van der Waals surface area contributed by atoms with Crippen molar-refractivity contribution in [3.8, 4) is 0 Å². The van der Waals surface area contributed by atoms with E-state index in [1.165, 1.54) is 0 Å². The van der Waals surface area contributed by atoms with Gasteiger partial charge in [-0.2, -0.15) is 5.10 Å². The van der Waals surface area contributed by atoms with Gasteiger partial charge < -0.3 is 10.4 Å². The lowest BCUT2D eigenvalue weighted by Gasteiger charge is -2.31. The number of carbonyl (C=O) groups is 2. The summed E-state index contributed by atoms with van der Waals surface area (Å²) >= 11 is 0.